The Labute approximate surface area is 140 Å². The van der Waals surface area contributed by atoms with Gasteiger partial charge in [0.15, 0.2) is 0 Å². The van der Waals surface area contributed by atoms with Crippen molar-refractivity contribution in [2.45, 2.75) is 59.7 Å². The zero-order chi connectivity index (χ0) is 18.0. The van der Waals surface area contributed by atoms with Crippen molar-refractivity contribution in [1.82, 2.24) is 0 Å². The molecule has 128 valence electrons. The van der Waals surface area contributed by atoms with E-state index in [2.05, 4.69) is 6.58 Å². The van der Waals surface area contributed by atoms with E-state index in [4.69, 9.17) is 4.74 Å². The highest BCUT2D eigenvalue weighted by atomic mass is 16.5. The van der Waals surface area contributed by atoms with Crippen molar-refractivity contribution in [3.63, 3.8) is 0 Å². The summed E-state index contributed by atoms with van der Waals surface area (Å²) in [5.74, 6) is -0.298. The van der Waals surface area contributed by atoms with Gasteiger partial charge in [0.1, 0.15) is 6.10 Å². The Morgan fingerprint density at radius 2 is 1.91 bits per heavy atom. The Balaban J connectivity index is 5.00. The number of hydrogen-bond acceptors (Lipinski definition) is 3. The summed E-state index contributed by atoms with van der Waals surface area (Å²) < 4.78 is 5.54. The van der Waals surface area contributed by atoms with Crippen LogP contribution in [-0.2, 0) is 9.53 Å². The van der Waals surface area contributed by atoms with Crippen molar-refractivity contribution in [1.29, 1.82) is 0 Å². The van der Waals surface area contributed by atoms with E-state index in [9.17, 15) is 9.90 Å². The van der Waals surface area contributed by atoms with Crippen LogP contribution in [0.15, 0.2) is 59.8 Å². The molecule has 0 aromatic rings. The first-order valence-electron chi connectivity index (χ1n) is 7.81. The molecule has 0 saturated heterocycles. The number of carbonyl (C=O) groups is 1. The summed E-state index contributed by atoms with van der Waals surface area (Å²) in [5.41, 5.74) is 1.72. The Hall–Kier alpha value is -1.87. The van der Waals surface area contributed by atoms with Gasteiger partial charge in [0, 0.05) is 12.0 Å². The smallest absolute Gasteiger partial charge is 0.333 e. The predicted molar refractivity (Wildman–Crippen MR) is 97.1 cm³/mol. The number of aliphatic hydroxyl groups is 1. The SMILES string of the molecule is C=C[C@](C)(O)/C=C/C=C(\C)C[C@@H](C=C(C)C)OC(=O)/C(C)=C\C. The highest BCUT2D eigenvalue weighted by molar-refractivity contribution is 5.87. The van der Waals surface area contributed by atoms with Gasteiger partial charge in [-0.1, -0.05) is 42.0 Å². The molecule has 23 heavy (non-hydrogen) atoms. The van der Waals surface area contributed by atoms with Crippen LogP contribution in [0.2, 0.25) is 0 Å². The Bertz CT molecular complexity index is 527. The molecule has 0 bridgehead atoms. The van der Waals surface area contributed by atoms with E-state index in [-0.39, 0.29) is 12.1 Å². The minimum absolute atomic E-state index is 0.298. The van der Waals surface area contributed by atoms with Gasteiger partial charge in [-0.05, 0) is 53.7 Å². The van der Waals surface area contributed by atoms with Crippen LogP contribution >= 0.6 is 0 Å². The molecule has 0 rings (SSSR count). The average Bonchev–Trinajstić information content (AvgIpc) is 2.45. The average molecular weight is 318 g/mol. The molecule has 0 aliphatic carbocycles. The van der Waals surface area contributed by atoms with Gasteiger partial charge in [-0.3, -0.25) is 0 Å². The first-order valence-corrected chi connectivity index (χ1v) is 7.81. The summed E-state index contributed by atoms with van der Waals surface area (Å²) in [5, 5.41) is 9.82. The van der Waals surface area contributed by atoms with Crippen LogP contribution in [0.25, 0.3) is 0 Å². The first-order chi connectivity index (χ1) is 10.6. The Kier molecular flexibility index (Phi) is 9.19. The van der Waals surface area contributed by atoms with Gasteiger partial charge < -0.3 is 9.84 Å². The van der Waals surface area contributed by atoms with Crippen LogP contribution in [0.5, 0.6) is 0 Å². The highest BCUT2D eigenvalue weighted by Gasteiger charge is 2.14. The van der Waals surface area contributed by atoms with Crippen LogP contribution in [0.3, 0.4) is 0 Å². The van der Waals surface area contributed by atoms with Crippen molar-refractivity contribution in [3.05, 3.63) is 59.8 Å². The van der Waals surface area contributed by atoms with Gasteiger partial charge in [-0.15, -0.1) is 0 Å². The second kappa shape index (κ2) is 10.0. The van der Waals surface area contributed by atoms with E-state index in [1.54, 1.807) is 32.1 Å². The molecule has 1 N–H and O–H groups in total. The lowest BCUT2D eigenvalue weighted by Crippen LogP contribution is -2.17. The maximum absolute atomic E-state index is 11.9. The zero-order valence-electron chi connectivity index (χ0n) is 15.2. The molecular formula is C20H30O3. The standard InChI is InChI=1S/C20H30O3/c1-8-17(6)19(21)23-18(13-15(3)4)14-16(5)11-10-12-20(7,22)9-2/h8-13,18,22H,2,14H2,1,3-7H3/b12-10+,16-11+,17-8-/t18-,20+/m1/s1. The van der Waals surface area contributed by atoms with Gasteiger partial charge in [0.25, 0.3) is 0 Å². The van der Waals surface area contributed by atoms with Crippen molar-refractivity contribution >= 4 is 5.97 Å². The lowest BCUT2D eigenvalue weighted by Gasteiger charge is -2.16. The Morgan fingerprint density at radius 1 is 1.30 bits per heavy atom. The van der Waals surface area contributed by atoms with Crippen LogP contribution < -0.4 is 0 Å². The predicted octanol–water partition coefficient (Wildman–Crippen LogP) is 4.66. The van der Waals surface area contributed by atoms with Gasteiger partial charge in [0.2, 0.25) is 0 Å². The van der Waals surface area contributed by atoms with Gasteiger partial charge in [0.05, 0.1) is 5.60 Å². The van der Waals surface area contributed by atoms with Crippen LogP contribution in [-0.4, -0.2) is 22.8 Å². The molecule has 0 aromatic heterocycles. The normalized spacial score (nSPS) is 16.7. The molecular weight excluding hydrogens is 288 g/mol. The molecule has 0 aliphatic heterocycles. The third-order valence-electron chi connectivity index (χ3n) is 3.28. The number of hydrogen-bond donors (Lipinski definition) is 1. The number of esters is 1. The molecule has 0 aliphatic rings. The fourth-order valence-electron chi connectivity index (χ4n) is 1.72. The molecule has 0 unspecified atom stereocenters. The second-order valence-electron chi connectivity index (χ2n) is 6.17. The van der Waals surface area contributed by atoms with Gasteiger partial charge in [-0.2, -0.15) is 0 Å². The second-order valence-corrected chi connectivity index (χ2v) is 6.17. The fourth-order valence-corrected chi connectivity index (χ4v) is 1.72. The first kappa shape index (κ1) is 21.1. The monoisotopic (exact) mass is 318 g/mol. The molecule has 0 fully saturated rings. The number of allylic oxidation sites excluding steroid dienone is 4. The maximum atomic E-state index is 11.9. The number of carbonyl (C=O) groups excluding carboxylic acids is 1. The summed E-state index contributed by atoms with van der Waals surface area (Å²) in [7, 11) is 0. The third-order valence-corrected chi connectivity index (χ3v) is 3.28. The zero-order valence-corrected chi connectivity index (χ0v) is 15.2. The van der Waals surface area contributed by atoms with E-state index in [0.29, 0.717) is 12.0 Å². The number of ether oxygens (including phenoxy) is 1. The minimum atomic E-state index is -1.02. The molecule has 0 spiro atoms. The molecule has 0 saturated carbocycles. The summed E-state index contributed by atoms with van der Waals surface area (Å²) in [6, 6.07) is 0. The summed E-state index contributed by atoms with van der Waals surface area (Å²) in [6.07, 6.45) is 10.8. The summed E-state index contributed by atoms with van der Waals surface area (Å²) >= 11 is 0. The van der Waals surface area contributed by atoms with E-state index in [0.717, 1.165) is 11.1 Å². The fraction of sp³-hybridized carbons (Fsp3) is 0.450. The molecule has 0 heterocycles. The third kappa shape index (κ3) is 9.69. The molecule has 0 radical (unpaired) electrons. The Morgan fingerprint density at radius 3 is 2.39 bits per heavy atom. The summed E-state index contributed by atoms with van der Waals surface area (Å²) in [4.78, 5) is 11.9. The molecule has 3 heteroatoms. The summed E-state index contributed by atoms with van der Waals surface area (Å²) in [6.45, 7) is 14.7. The van der Waals surface area contributed by atoms with Crippen LogP contribution in [0, 0.1) is 0 Å². The van der Waals surface area contributed by atoms with Gasteiger partial charge >= 0.3 is 5.97 Å². The largest absolute Gasteiger partial charge is 0.454 e. The van der Waals surface area contributed by atoms with Crippen molar-refractivity contribution < 1.29 is 14.6 Å². The van der Waals surface area contributed by atoms with Gasteiger partial charge in [-0.25, -0.2) is 4.79 Å². The quantitative estimate of drug-likeness (QED) is 0.306. The van der Waals surface area contributed by atoms with Crippen LogP contribution in [0.1, 0.15) is 48.0 Å². The van der Waals surface area contributed by atoms with E-state index in [1.807, 2.05) is 39.8 Å². The highest BCUT2D eigenvalue weighted by Crippen LogP contribution is 2.14. The van der Waals surface area contributed by atoms with E-state index >= 15 is 0 Å². The lowest BCUT2D eigenvalue weighted by molar-refractivity contribution is -0.142. The minimum Gasteiger partial charge on any atom is -0.454 e. The van der Waals surface area contributed by atoms with Crippen molar-refractivity contribution in [2.24, 2.45) is 0 Å². The van der Waals surface area contributed by atoms with Crippen molar-refractivity contribution in [3.8, 4) is 0 Å². The maximum Gasteiger partial charge on any atom is 0.333 e. The molecule has 2 atom stereocenters. The van der Waals surface area contributed by atoms with Crippen molar-refractivity contribution in [2.75, 3.05) is 0 Å². The lowest BCUT2D eigenvalue weighted by atomic mass is 10.0. The number of rotatable bonds is 8. The topological polar surface area (TPSA) is 46.5 Å². The molecule has 0 aromatic carbocycles. The van der Waals surface area contributed by atoms with Crippen LogP contribution in [0.4, 0.5) is 0 Å². The molecule has 0 amide bonds. The molecule has 3 nitrogen and oxygen atoms in total. The van der Waals surface area contributed by atoms with E-state index < -0.39 is 5.60 Å². The van der Waals surface area contributed by atoms with E-state index in [1.165, 1.54) is 6.08 Å².